The lowest BCUT2D eigenvalue weighted by Crippen LogP contribution is -2.49. The quantitative estimate of drug-likeness (QED) is 0.222. The number of hydrazone groups is 1. The van der Waals surface area contributed by atoms with Gasteiger partial charge in [0.05, 0.1) is 18.8 Å². The highest BCUT2D eigenvalue weighted by Gasteiger charge is 2.29. The summed E-state index contributed by atoms with van der Waals surface area (Å²) in [6.45, 7) is 10.9. The molecule has 1 aliphatic heterocycles. The normalized spacial score (nSPS) is 14.9. The highest BCUT2D eigenvalue weighted by molar-refractivity contribution is 6.30. The third-order valence-electron chi connectivity index (χ3n) is 5.97. The molecule has 36 heavy (non-hydrogen) atoms. The van der Waals surface area contributed by atoms with E-state index in [1.165, 1.54) is 5.56 Å². The second kappa shape index (κ2) is 12.1. The molecule has 0 atom stereocenters. The molecule has 9 heteroatoms. The molecule has 8 nitrogen and oxygen atoms in total. The lowest BCUT2D eigenvalue weighted by molar-refractivity contribution is 0.0532. The molecule has 0 radical (unpaired) electrons. The molecule has 0 aliphatic carbocycles. The number of carbonyl (C=O) groups is 1. The molecule has 1 aliphatic rings. The largest absolute Gasteiger partial charge is 0.444 e. The molecule has 1 amide bonds. The predicted molar refractivity (Wildman–Crippen MR) is 145 cm³/mol. The number of carbonyl (C=O) groups excluding carboxylic acids is 1. The number of hydrogen-bond acceptors (Lipinski definition) is 5. The van der Waals surface area contributed by atoms with Crippen molar-refractivity contribution in [2.75, 3.05) is 24.5 Å². The van der Waals surface area contributed by atoms with Crippen molar-refractivity contribution in [1.82, 2.24) is 10.2 Å². The monoisotopic (exact) mass is 513 g/mol. The van der Waals surface area contributed by atoms with Crippen molar-refractivity contribution in [3.63, 3.8) is 0 Å². The Morgan fingerprint density at radius 3 is 2.50 bits per heavy atom. The number of guanidine groups is 1. The molecule has 1 heterocycles. The van der Waals surface area contributed by atoms with Crippen LogP contribution in [0.15, 0.2) is 65.9 Å². The first-order valence-corrected chi connectivity index (χ1v) is 12.4. The number of rotatable bonds is 6. The van der Waals surface area contributed by atoms with Crippen molar-refractivity contribution in [3.8, 4) is 0 Å². The maximum absolute atomic E-state index is 12.3. The highest BCUT2D eigenvalue weighted by Crippen LogP contribution is 2.32. The Bertz CT molecular complexity index is 1080. The zero-order chi connectivity index (χ0) is 26.3. The summed E-state index contributed by atoms with van der Waals surface area (Å²) >= 11 is 6.19. The van der Waals surface area contributed by atoms with Gasteiger partial charge in [0, 0.05) is 29.4 Å². The number of aliphatic hydroxyl groups excluding tert-OH is 1. The van der Waals surface area contributed by atoms with Crippen molar-refractivity contribution in [2.45, 2.75) is 51.7 Å². The SMILES string of the molecule is C=C(CNC(=O)OC(C)(C)C)N(/C(=N\N)N1CCC(c2ccccc2)CC1)c1ccc(Cl)cc1CO. The summed E-state index contributed by atoms with van der Waals surface area (Å²) in [5, 5.41) is 17.4. The second-order valence-corrected chi connectivity index (χ2v) is 10.2. The van der Waals surface area contributed by atoms with Crippen LogP contribution in [-0.2, 0) is 11.3 Å². The second-order valence-electron chi connectivity index (χ2n) is 9.79. The van der Waals surface area contributed by atoms with Crippen LogP contribution in [-0.4, -0.2) is 47.3 Å². The van der Waals surface area contributed by atoms with Gasteiger partial charge in [0.25, 0.3) is 0 Å². The summed E-state index contributed by atoms with van der Waals surface area (Å²) in [5.41, 5.74) is 2.42. The Labute approximate surface area is 218 Å². The average molecular weight is 514 g/mol. The van der Waals surface area contributed by atoms with E-state index in [9.17, 15) is 9.90 Å². The Morgan fingerprint density at radius 1 is 1.25 bits per heavy atom. The van der Waals surface area contributed by atoms with Crippen molar-refractivity contribution in [1.29, 1.82) is 0 Å². The minimum atomic E-state index is -0.627. The number of aliphatic hydroxyl groups is 1. The fraction of sp³-hybridized carbons (Fsp3) is 0.407. The van der Waals surface area contributed by atoms with Crippen LogP contribution < -0.4 is 16.1 Å². The number of hydrogen-bond donors (Lipinski definition) is 3. The van der Waals surface area contributed by atoms with Crippen LogP contribution in [0.4, 0.5) is 10.5 Å². The third kappa shape index (κ3) is 7.15. The van der Waals surface area contributed by atoms with E-state index in [0.29, 0.717) is 33.8 Å². The average Bonchev–Trinajstić information content (AvgIpc) is 2.85. The topological polar surface area (TPSA) is 103 Å². The van der Waals surface area contributed by atoms with Gasteiger partial charge in [-0.1, -0.05) is 48.5 Å². The molecule has 0 saturated carbocycles. The van der Waals surface area contributed by atoms with E-state index in [4.69, 9.17) is 22.2 Å². The first-order valence-electron chi connectivity index (χ1n) is 12.0. The fourth-order valence-electron chi connectivity index (χ4n) is 4.30. The minimum absolute atomic E-state index is 0.0852. The third-order valence-corrected chi connectivity index (χ3v) is 6.20. The van der Waals surface area contributed by atoms with Gasteiger partial charge in [-0.25, -0.2) is 4.79 Å². The number of halogens is 1. The Kier molecular flexibility index (Phi) is 9.23. The molecule has 0 aromatic heterocycles. The molecule has 0 spiro atoms. The maximum atomic E-state index is 12.3. The molecule has 4 N–H and O–H groups in total. The maximum Gasteiger partial charge on any atom is 0.407 e. The van der Waals surface area contributed by atoms with Crippen LogP contribution in [0.1, 0.15) is 50.7 Å². The first kappa shape index (κ1) is 27.4. The number of piperidine rings is 1. The standard InChI is InChI=1S/C27H36ClN5O3/c1-19(17-30-26(35)36-27(2,3)4)33(24-11-10-23(28)16-22(24)18-34)25(31-29)32-14-12-21(13-15-32)20-8-6-5-7-9-20/h5-11,16,21,34H,1,12-15,17-18,29H2,2-4H3,(H,30,35)/b31-25-. The number of nitrogens with two attached hydrogens (primary N) is 1. The van der Waals surface area contributed by atoms with Crippen molar-refractivity contribution >= 4 is 29.3 Å². The molecule has 194 valence electrons. The van der Waals surface area contributed by atoms with Gasteiger partial charge in [-0.2, -0.15) is 0 Å². The van der Waals surface area contributed by atoms with E-state index in [0.717, 1.165) is 25.9 Å². The molecule has 1 fully saturated rings. The fourth-order valence-corrected chi connectivity index (χ4v) is 4.50. The van der Waals surface area contributed by atoms with Gasteiger partial charge in [-0.15, -0.1) is 5.10 Å². The Hall–Kier alpha value is -3.23. The van der Waals surface area contributed by atoms with E-state index in [-0.39, 0.29) is 13.2 Å². The van der Waals surface area contributed by atoms with Gasteiger partial charge in [-0.3, -0.25) is 4.90 Å². The number of nitrogens with zero attached hydrogens (tertiary/aromatic N) is 3. The molecular weight excluding hydrogens is 478 g/mol. The van der Waals surface area contributed by atoms with Crippen molar-refractivity contribution in [2.24, 2.45) is 10.9 Å². The van der Waals surface area contributed by atoms with Crippen LogP contribution in [0.2, 0.25) is 5.02 Å². The molecular formula is C27H36ClN5O3. The predicted octanol–water partition coefficient (Wildman–Crippen LogP) is 4.79. The summed E-state index contributed by atoms with van der Waals surface area (Å²) in [6, 6.07) is 15.7. The number of ether oxygens (including phenoxy) is 1. The number of anilines is 1. The van der Waals surface area contributed by atoms with E-state index in [1.54, 1.807) is 43.9 Å². The number of benzene rings is 2. The summed E-state index contributed by atoms with van der Waals surface area (Å²) in [7, 11) is 0. The highest BCUT2D eigenvalue weighted by atomic mass is 35.5. The first-order chi connectivity index (χ1) is 17.1. The molecule has 1 saturated heterocycles. The van der Waals surface area contributed by atoms with Gasteiger partial charge >= 0.3 is 6.09 Å². The van der Waals surface area contributed by atoms with Crippen LogP contribution in [0, 0.1) is 0 Å². The van der Waals surface area contributed by atoms with Crippen LogP contribution in [0.3, 0.4) is 0 Å². The van der Waals surface area contributed by atoms with Crippen molar-refractivity contribution < 1.29 is 14.6 Å². The number of likely N-dealkylation sites (tertiary alicyclic amines) is 1. The van der Waals surface area contributed by atoms with Crippen LogP contribution >= 0.6 is 11.6 Å². The minimum Gasteiger partial charge on any atom is -0.444 e. The summed E-state index contributed by atoms with van der Waals surface area (Å²) in [4.78, 5) is 16.2. The van der Waals surface area contributed by atoms with Gasteiger partial charge in [0.15, 0.2) is 0 Å². The van der Waals surface area contributed by atoms with Crippen LogP contribution in [0.25, 0.3) is 0 Å². The molecule has 2 aromatic rings. The number of alkyl carbamates (subject to hydrolysis) is 1. The molecule has 2 aromatic carbocycles. The zero-order valence-corrected chi connectivity index (χ0v) is 22.0. The van der Waals surface area contributed by atoms with E-state index in [2.05, 4.69) is 46.2 Å². The number of amides is 1. The van der Waals surface area contributed by atoms with Crippen molar-refractivity contribution in [3.05, 3.63) is 77.0 Å². The summed E-state index contributed by atoms with van der Waals surface area (Å²) in [5.74, 6) is 6.88. The van der Waals surface area contributed by atoms with E-state index >= 15 is 0 Å². The van der Waals surface area contributed by atoms with E-state index < -0.39 is 11.7 Å². The molecule has 0 bridgehead atoms. The molecule has 0 unspecified atom stereocenters. The smallest absolute Gasteiger partial charge is 0.407 e. The van der Waals surface area contributed by atoms with E-state index in [1.807, 2.05) is 6.07 Å². The lowest BCUT2D eigenvalue weighted by atomic mass is 9.89. The van der Waals surface area contributed by atoms with Gasteiger partial charge < -0.3 is 25.9 Å². The Balaban J connectivity index is 1.84. The van der Waals surface area contributed by atoms with Gasteiger partial charge in [0.1, 0.15) is 5.60 Å². The lowest BCUT2D eigenvalue weighted by Gasteiger charge is -2.39. The van der Waals surface area contributed by atoms with Gasteiger partial charge in [-0.05, 0) is 63.3 Å². The number of nitrogens with one attached hydrogen (secondary N) is 1. The molecule has 3 rings (SSSR count). The summed E-state index contributed by atoms with van der Waals surface area (Å²) in [6.07, 6.45) is 1.32. The van der Waals surface area contributed by atoms with Crippen LogP contribution in [0.5, 0.6) is 0 Å². The Morgan fingerprint density at radius 2 is 1.92 bits per heavy atom. The zero-order valence-electron chi connectivity index (χ0n) is 21.2. The van der Waals surface area contributed by atoms with Gasteiger partial charge in [0.2, 0.25) is 5.96 Å². The summed E-state index contributed by atoms with van der Waals surface area (Å²) < 4.78 is 5.36.